The zero-order chi connectivity index (χ0) is 13.9. The molecule has 0 atom stereocenters. The molecule has 0 fully saturated rings. The van der Waals surface area contributed by atoms with E-state index < -0.39 is 17.2 Å². The van der Waals surface area contributed by atoms with Gasteiger partial charge in [-0.3, -0.25) is 0 Å². The summed E-state index contributed by atoms with van der Waals surface area (Å²) in [7, 11) is 3.27. The van der Waals surface area contributed by atoms with Crippen LogP contribution in [-0.4, -0.2) is 31.3 Å². The fourth-order valence-electron chi connectivity index (χ4n) is 1.95. The topological polar surface area (TPSA) is 35.5 Å². The maximum atomic E-state index is 13.9. The molecule has 0 unspecified atom stereocenters. The van der Waals surface area contributed by atoms with Gasteiger partial charge in [-0.1, -0.05) is 0 Å². The minimum absolute atomic E-state index is 0.114. The zero-order valence-electron chi connectivity index (χ0n) is 11.2. The van der Waals surface area contributed by atoms with Crippen LogP contribution in [0.2, 0.25) is 0 Å². The molecule has 0 heterocycles. The minimum Gasteiger partial charge on any atom is -0.389 e. The Bertz CT molecular complexity index is 393. The molecule has 1 aromatic carbocycles. The van der Waals surface area contributed by atoms with Crippen molar-refractivity contribution in [3.05, 3.63) is 29.3 Å². The van der Waals surface area contributed by atoms with Gasteiger partial charge in [0.05, 0.1) is 5.60 Å². The van der Waals surface area contributed by atoms with Crippen LogP contribution < -0.4 is 10.2 Å². The molecule has 1 rings (SSSR count). The second-order valence-electron chi connectivity index (χ2n) is 5.11. The van der Waals surface area contributed by atoms with Gasteiger partial charge < -0.3 is 15.3 Å². The number of hydrogen-bond donors (Lipinski definition) is 2. The van der Waals surface area contributed by atoms with Crippen molar-refractivity contribution < 1.29 is 13.9 Å². The number of nitrogens with zero attached hydrogens (tertiary/aromatic N) is 1. The van der Waals surface area contributed by atoms with Crippen LogP contribution in [0, 0.1) is 11.6 Å². The number of anilines is 1. The van der Waals surface area contributed by atoms with E-state index >= 15 is 0 Å². The first-order chi connectivity index (χ1) is 8.24. The van der Waals surface area contributed by atoms with E-state index in [1.807, 2.05) is 0 Å². The molecule has 0 saturated carbocycles. The monoisotopic (exact) mass is 258 g/mol. The molecule has 0 radical (unpaired) electrons. The maximum absolute atomic E-state index is 13.9. The lowest BCUT2D eigenvalue weighted by atomic mass is 10.1. The fourth-order valence-corrected chi connectivity index (χ4v) is 1.95. The summed E-state index contributed by atoms with van der Waals surface area (Å²) >= 11 is 0. The van der Waals surface area contributed by atoms with E-state index in [4.69, 9.17) is 0 Å². The molecule has 0 bridgehead atoms. The molecule has 0 aliphatic rings. The van der Waals surface area contributed by atoms with Crippen LogP contribution in [0.4, 0.5) is 14.5 Å². The Labute approximate surface area is 106 Å². The summed E-state index contributed by atoms with van der Waals surface area (Å²) in [6.07, 6.45) is 0. The predicted molar refractivity (Wildman–Crippen MR) is 68.7 cm³/mol. The highest BCUT2D eigenvalue weighted by molar-refractivity contribution is 5.50. The Morgan fingerprint density at radius 1 is 1.28 bits per heavy atom. The van der Waals surface area contributed by atoms with Crippen molar-refractivity contribution >= 4 is 5.69 Å². The van der Waals surface area contributed by atoms with Gasteiger partial charge in [0.1, 0.15) is 17.3 Å². The lowest BCUT2D eigenvalue weighted by Crippen LogP contribution is -2.37. The molecule has 0 saturated heterocycles. The first-order valence-electron chi connectivity index (χ1n) is 5.80. The Kier molecular flexibility index (Phi) is 4.65. The van der Waals surface area contributed by atoms with Crippen LogP contribution in [0.1, 0.15) is 19.4 Å². The summed E-state index contributed by atoms with van der Waals surface area (Å²) in [5, 5.41) is 12.5. The molecule has 102 valence electrons. The zero-order valence-corrected chi connectivity index (χ0v) is 11.2. The van der Waals surface area contributed by atoms with Crippen molar-refractivity contribution in [3.8, 4) is 0 Å². The van der Waals surface area contributed by atoms with Gasteiger partial charge in [-0.15, -0.1) is 0 Å². The molecule has 0 aromatic heterocycles. The highest BCUT2D eigenvalue weighted by Gasteiger charge is 2.21. The highest BCUT2D eigenvalue weighted by atomic mass is 19.1. The highest BCUT2D eigenvalue weighted by Crippen LogP contribution is 2.25. The van der Waals surface area contributed by atoms with Gasteiger partial charge in [-0.25, -0.2) is 8.78 Å². The molecule has 0 aliphatic heterocycles. The van der Waals surface area contributed by atoms with E-state index in [0.29, 0.717) is 12.1 Å². The van der Waals surface area contributed by atoms with Gasteiger partial charge in [-0.05, 0) is 38.6 Å². The molecule has 0 aliphatic carbocycles. The first kappa shape index (κ1) is 14.9. The van der Waals surface area contributed by atoms with Gasteiger partial charge >= 0.3 is 0 Å². The third-order valence-corrected chi connectivity index (χ3v) is 2.46. The minimum atomic E-state index is -1.02. The molecule has 0 amide bonds. The summed E-state index contributed by atoms with van der Waals surface area (Å²) < 4.78 is 27.7. The number of benzene rings is 1. The maximum Gasteiger partial charge on any atom is 0.149 e. The summed E-state index contributed by atoms with van der Waals surface area (Å²) in [6, 6.07) is 2.60. The molecule has 18 heavy (non-hydrogen) atoms. The van der Waals surface area contributed by atoms with Crippen LogP contribution in [-0.2, 0) is 6.54 Å². The molecular weight excluding hydrogens is 238 g/mol. The first-order valence-corrected chi connectivity index (χ1v) is 5.80. The van der Waals surface area contributed by atoms with Crippen LogP contribution in [0.15, 0.2) is 12.1 Å². The molecular formula is C13H20F2N2O. The van der Waals surface area contributed by atoms with Crippen LogP contribution in [0.5, 0.6) is 0 Å². The Morgan fingerprint density at radius 3 is 2.17 bits per heavy atom. The number of hydrogen-bond acceptors (Lipinski definition) is 3. The number of nitrogens with one attached hydrogen (secondary N) is 1. The van der Waals surface area contributed by atoms with Gasteiger partial charge in [0.15, 0.2) is 0 Å². The van der Waals surface area contributed by atoms with Gasteiger partial charge in [-0.2, -0.15) is 0 Å². The Hall–Kier alpha value is -1.20. The van der Waals surface area contributed by atoms with Gasteiger partial charge in [0, 0.05) is 20.1 Å². The summed E-state index contributed by atoms with van der Waals surface area (Å²) in [5.41, 5.74) is -0.582. The Morgan fingerprint density at radius 2 is 1.78 bits per heavy atom. The molecule has 3 nitrogen and oxygen atoms in total. The smallest absolute Gasteiger partial charge is 0.149 e. The van der Waals surface area contributed by atoms with E-state index in [1.165, 1.54) is 17.0 Å². The standard InChI is InChI=1S/C13H20F2N2O/c1-13(2,18)8-17(4)12-10(14)5-9(7-16-3)6-11(12)15/h5-6,16,18H,7-8H2,1-4H3. The van der Waals surface area contributed by atoms with Crippen molar-refractivity contribution in [2.75, 3.05) is 25.5 Å². The van der Waals surface area contributed by atoms with Crippen molar-refractivity contribution in [2.24, 2.45) is 0 Å². The van der Waals surface area contributed by atoms with Gasteiger partial charge in [0.25, 0.3) is 0 Å². The lowest BCUT2D eigenvalue weighted by Gasteiger charge is -2.28. The van der Waals surface area contributed by atoms with Crippen molar-refractivity contribution in [1.82, 2.24) is 5.32 Å². The quantitative estimate of drug-likeness (QED) is 0.846. The summed E-state index contributed by atoms with van der Waals surface area (Å²) in [4.78, 5) is 1.38. The van der Waals surface area contributed by atoms with Crippen LogP contribution >= 0.6 is 0 Å². The number of halogens is 2. The average Bonchev–Trinajstić information content (AvgIpc) is 2.13. The number of likely N-dealkylation sites (N-methyl/N-ethyl adjacent to an activating group) is 1. The fraction of sp³-hybridized carbons (Fsp3) is 0.538. The molecule has 5 heteroatoms. The van der Waals surface area contributed by atoms with Crippen LogP contribution in [0.3, 0.4) is 0 Å². The number of rotatable bonds is 5. The normalized spacial score (nSPS) is 11.7. The van der Waals surface area contributed by atoms with E-state index in [9.17, 15) is 13.9 Å². The van der Waals surface area contributed by atoms with Crippen molar-refractivity contribution in [3.63, 3.8) is 0 Å². The van der Waals surface area contributed by atoms with Crippen molar-refractivity contribution in [2.45, 2.75) is 26.0 Å². The van der Waals surface area contributed by atoms with E-state index in [-0.39, 0.29) is 12.2 Å². The Balaban J connectivity index is 3.02. The van der Waals surface area contributed by atoms with Gasteiger partial charge in [0.2, 0.25) is 0 Å². The van der Waals surface area contributed by atoms with E-state index in [2.05, 4.69) is 5.32 Å². The second kappa shape index (κ2) is 5.63. The number of aliphatic hydroxyl groups is 1. The van der Waals surface area contributed by atoms with Crippen LogP contribution in [0.25, 0.3) is 0 Å². The second-order valence-corrected chi connectivity index (χ2v) is 5.11. The third kappa shape index (κ3) is 3.92. The summed E-state index contributed by atoms with van der Waals surface area (Å²) in [6.45, 7) is 3.74. The van der Waals surface area contributed by atoms with E-state index in [0.717, 1.165) is 0 Å². The third-order valence-electron chi connectivity index (χ3n) is 2.46. The largest absolute Gasteiger partial charge is 0.389 e. The predicted octanol–water partition coefficient (Wildman–Crippen LogP) is 1.89. The van der Waals surface area contributed by atoms with E-state index in [1.54, 1.807) is 27.9 Å². The molecule has 1 aromatic rings. The summed E-state index contributed by atoms with van der Waals surface area (Å²) in [5.74, 6) is -1.24. The lowest BCUT2D eigenvalue weighted by molar-refractivity contribution is 0.0883. The molecule has 0 spiro atoms. The van der Waals surface area contributed by atoms with Crippen molar-refractivity contribution in [1.29, 1.82) is 0 Å². The SMILES string of the molecule is CNCc1cc(F)c(N(C)CC(C)(C)O)c(F)c1. The molecule has 2 N–H and O–H groups in total. The average molecular weight is 258 g/mol.